The fourth-order valence-corrected chi connectivity index (χ4v) is 2.66. The van der Waals surface area contributed by atoms with Crippen molar-refractivity contribution >= 4 is 11.9 Å². The summed E-state index contributed by atoms with van der Waals surface area (Å²) in [7, 11) is 0. The maximum Gasteiger partial charge on any atom is 0.347 e. The molecule has 150 valence electrons. The minimum Gasteiger partial charge on any atom is -0.479 e. The summed E-state index contributed by atoms with van der Waals surface area (Å²) in [6.07, 6.45) is -0.901. The molecule has 1 aliphatic rings. The third-order valence-corrected chi connectivity index (χ3v) is 4.25. The Morgan fingerprint density at radius 1 is 1.14 bits per heavy atom. The van der Waals surface area contributed by atoms with Crippen molar-refractivity contribution in [3.63, 3.8) is 0 Å². The van der Waals surface area contributed by atoms with Gasteiger partial charge >= 0.3 is 5.97 Å². The number of nitrogens with one attached hydrogen (secondary N) is 1. The summed E-state index contributed by atoms with van der Waals surface area (Å²) < 4.78 is 21.1. The van der Waals surface area contributed by atoms with Gasteiger partial charge in [-0.3, -0.25) is 4.79 Å². The molecule has 1 heterocycles. The van der Waals surface area contributed by atoms with Crippen molar-refractivity contribution in [3.05, 3.63) is 53.6 Å². The lowest BCUT2D eigenvalue weighted by molar-refractivity contribution is -0.154. The molecule has 2 aromatic rings. The topological polar surface area (TPSA) is 107 Å². The summed E-state index contributed by atoms with van der Waals surface area (Å²) >= 11 is 0. The van der Waals surface area contributed by atoms with Gasteiger partial charge in [-0.05, 0) is 55.8 Å². The number of ether oxygens (including phenoxy) is 4. The molecule has 2 atom stereocenters. The molecule has 0 bridgehead atoms. The van der Waals surface area contributed by atoms with E-state index in [1.54, 1.807) is 36.4 Å². The number of hydrogen-bond donors (Lipinski definition) is 1. The fraction of sp³-hybridized carbons (Fsp3) is 0.286. The maximum absolute atomic E-state index is 12.1. The Morgan fingerprint density at radius 2 is 1.86 bits per heavy atom. The van der Waals surface area contributed by atoms with Gasteiger partial charge in [0.15, 0.2) is 24.2 Å². The molecule has 0 radical (unpaired) electrons. The quantitative estimate of drug-likeness (QED) is 0.717. The summed E-state index contributed by atoms with van der Waals surface area (Å²) in [5.41, 5.74) is 1.33. The Labute approximate surface area is 167 Å². The van der Waals surface area contributed by atoms with Crippen LogP contribution in [0.4, 0.5) is 0 Å². The number of hydrogen-bond acceptors (Lipinski definition) is 7. The van der Waals surface area contributed by atoms with Crippen LogP contribution in [0.5, 0.6) is 17.2 Å². The number of benzene rings is 2. The van der Waals surface area contributed by atoms with Crippen LogP contribution in [0, 0.1) is 11.3 Å². The number of carbonyl (C=O) groups is 2. The second-order valence-electron chi connectivity index (χ2n) is 6.41. The van der Waals surface area contributed by atoms with Crippen LogP contribution < -0.4 is 19.5 Å². The third-order valence-electron chi connectivity index (χ3n) is 4.25. The molecule has 0 aromatic heterocycles. The summed E-state index contributed by atoms with van der Waals surface area (Å²) in [5, 5.41) is 11.5. The highest BCUT2D eigenvalue weighted by atomic mass is 16.7. The second-order valence-corrected chi connectivity index (χ2v) is 6.41. The molecule has 1 aliphatic heterocycles. The van der Waals surface area contributed by atoms with Gasteiger partial charge in [0, 0.05) is 0 Å². The van der Waals surface area contributed by atoms with Crippen LogP contribution in [0.15, 0.2) is 42.5 Å². The van der Waals surface area contributed by atoms with E-state index in [-0.39, 0.29) is 12.8 Å². The first kappa shape index (κ1) is 20.0. The number of rotatable bonds is 7. The average molecular weight is 396 g/mol. The number of carbonyl (C=O) groups excluding carboxylic acids is 2. The predicted molar refractivity (Wildman–Crippen MR) is 101 cm³/mol. The van der Waals surface area contributed by atoms with E-state index in [2.05, 4.69) is 5.32 Å². The van der Waals surface area contributed by atoms with Gasteiger partial charge in [0.2, 0.25) is 6.79 Å². The number of amides is 1. The zero-order valence-corrected chi connectivity index (χ0v) is 16.0. The van der Waals surface area contributed by atoms with Gasteiger partial charge in [0.05, 0.1) is 17.7 Å². The van der Waals surface area contributed by atoms with E-state index < -0.39 is 24.6 Å². The van der Waals surface area contributed by atoms with Crippen molar-refractivity contribution in [1.29, 1.82) is 5.26 Å². The first-order chi connectivity index (χ1) is 14.0. The summed E-state index contributed by atoms with van der Waals surface area (Å²) in [6, 6.07) is 13.4. The SMILES string of the molecule is C[C@H](Oc1ccc(C#N)cc1)C(=O)OCC(=O)N[C@H](C)c1ccc2c(c1)OCO2. The van der Waals surface area contributed by atoms with Crippen LogP contribution in [0.25, 0.3) is 0 Å². The minimum absolute atomic E-state index is 0.179. The monoisotopic (exact) mass is 396 g/mol. The molecule has 8 heteroatoms. The van der Waals surface area contributed by atoms with Crippen molar-refractivity contribution in [3.8, 4) is 23.3 Å². The molecule has 3 rings (SSSR count). The zero-order valence-electron chi connectivity index (χ0n) is 16.0. The molecule has 0 aliphatic carbocycles. The summed E-state index contributed by atoms with van der Waals surface area (Å²) in [5.74, 6) is 0.616. The molecule has 0 saturated carbocycles. The molecule has 0 spiro atoms. The van der Waals surface area contributed by atoms with Gasteiger partial charge in [-0.25, -0.2) is 4.79 Å². The summed E-state index contributed by atoms with van der Waals surface area (Å²) in [6.45, 7) is 3.09. The number of nitriles is 1. The van der Waals surface area contributed by atoms with Gasteiger partial charge in [-0.15, -0.1) is 0 Å². The van der Waals surface area contributed by atoms with Crippen LogP contribution in [0.2, 0.25) is 0 Å². The predicted octanol–water partition coefficient (Wildman–Crippen LogP) is 2.47. The Kier molecular flexibility index (Phi) is 6.19. The molecule has 0 unspecified atom stereocenters. The van der Waals surface area contributed by atoms with Crippen LogP contribution >= 0.6 is 0 Å². The van der Waals surface area contributed by atoms with Crippen LogP contribution in [-0.2, 0) is 14.3 Å². The zero-order chi connectivity index (χ0) is 20.8. The summed E-state index contributed by atoms with van der Waals surface area (Å²) in [4.78, 5) is 24.1. The highest BCUT2D eigenvalue weighted by Gasteiger charge is 2.20. The van der Waals surface area contributed by atoms with E-state index in [4.69, 9.17) is 24.2 Å². The lowest BCUT2D eigenvalue weighted by Gasteiger charge is -2.16. The van der Waals surface area contributed by atoms with E-state index in [9.17, 15) is 9.59 Å². The lowest BCUT2D eigenvalue weighted by Crippen LogP contribution is -2.34. The standard InChI is InChI=1S/C21H20N2O6/c1-13(16-5-8-18-19(9-16)28-12-27-18)23-20(24)11-26-21(25)14(2)29-17-6-3-15(10-22)4-7-17/h3-9,13-14H,11-12H2,1-2H3,(H,23,24)/t13-,14+/m1/s1. The van der Waals surface area contributed by atoms with Gasteiger partial charge in [-0.2, -0.15) is 5.26 Å². The van der Waals surface area contributed by atoms with E-state index in [0.29, 0.717) is 22.8 Å². The number of fused-ring (bicyclic) bond motifs is 1. The Bertz CT molecular complexity index is 935. The third kappa shape index (κ3) is 5.17. The second kappa shape index (κ2) is 8.97. The normalized spacial score (nSPS) is 13.7. The van der Waals surface area contributed by atoms with E-state index in [1.807, 2.05) is 19.1 Å². The van der Waals surface area contributed by atoms with Crippen LogP contribution in [0.1, 0.15) is 31.0 Å². The highest BCUT2D eigenvalue weighted by molar-refractivity contribution is 5.82. The molecule has 1 amide bonds. The fourth-order valence-electron chi connectivity index (χ4n) is 2.66. The lowest BCUT2D eigenvalue weighted by atomic mass is 10.1. The van der Waals surface area contributed by atoms with E-state index in [0.717, 1.165) is 5.56 Å². The average Bonchev–Trinajstić information content (AvgIpc) is 3.20. The van der Waals surface area contributed by atoms with Crippen LogP contribution in [-0.4, -0.2) is 31.4 Å². The first-order valence-electron chi connectivity index (χ1n) is 8.98. The molecule has 0 saturated heterocycles. The van der Waals surface area contributed by atoms with Crippen molar-refractivity contribution in [2.24, 2.45) is 0 Å². The van der Waals surface area contributed by atoms with Crippen molar-refractivity contribution in [1.82, 2.24) is 5.32 Å². The maximum atomic E-state index is 12.1. The number of nitrogens with zero attached hydrogens (tertiary/aromatic N) is 1. The van der Waals surface area contributed by atoms with E-state index in [1.165, 1.54) is 6.92 Å². The van der Waals surface area contributed by atoms with Gasteiger partial charge in [-0.1, -0.05) is 6.07 Å². The first-order valence-corrected chi connectivity index (χ1v) is 8.98. The molecule has 29 heavy (non-hydrogen) atoms. The van der Waals surface area contributed by atoms with Gasteiger partial charge in [0.1, 0.15) is 5.75 Å². The molecular formula is C21H20N2O6. The Morgan fingerprint density at radius 3 is 2.59 bits per heavy atom. The highest BCUT2D eigenvalue weighted by Crippen LogP contribution is 2.34. The van der Waals surface area contributed by atoms with Crippen LogP contribution in [0.3, 0.4) is 0 Å². The molecule has 0 fully saturated rings. The molecule has 1 N–H and O–H groups in total. The Balaban J connectivity index is 1.45. The Hall–Kier alpha value is -3.73. The largest absolute Gasteiger partial charge is 0.479 e. The smallest absolute Gasteiger partial charge is 0.347 e. The van der Waals surface area contributed by atoms with Gasteiger partial charge < -0.3 is 24.3 Å². The molecule has 8 nitrogen and oxygen atoms in total. The minimum atomic E-state index is -0.901. The molecular weight excluding hydrogens is 376 g/mol. The van der Waals surface area contributed by atoms with Gasteiger partial charge in [0.25, 0.3) is 5.91 Å². The van der Waals surface area contributed by atoms with Crippen molar-refractivity contribution in [2.45, 2.75) is 26.0 Å². The molecule has 2 aromatic carbocycles. The van der Waals surface area contributed by atoms with Crippen molar-refractivity contribution in [2.75, 3.05) is 13.4 Å². The van der Waals surface area contributed by atoms with Crippen molar-refractivity contribution < 1.29 is 28.5 Å². The van der Waals surface area contributed by atoms with E-state index >= 15 is 0 Å². The number of esters is 1.